The Morgan fingerprint density at radius 2 is 1.74 bits per heavy atom. The van der Waals surface area contributed by atoms with Gasteiger partial charge in [0.05, 0.1) is 19.0 Å². The molecule has 0 bridgehead atoms. The first-order valence-electron chi connectivity index (χ1n) is 5.51. The molecule has 5 nitrogen and oxygen atoms in total. The third-order valence-electron chi connectivity index (χ3n) is 2.31. The Balaban J connectivity index is 1.95. The number of aromatic nitrogens is 1. The Morgan fingerprint density at radius 3 is 2.32 bits per heavy atom. The molecule has 19 heavy (non-hydrogen) atoms. The first kappa shape index (κ1) is 13.2. The number of hydrogen-bond acceptors (Lipinski definition) is 3. The van der Waals surface area contributed by atoms with E-state index in [1.54, 1.807) is 36.4 Å². The molecule has 2 rings (SSSR count). The van der Waals surface area contributed by atoms with E-state index in [1.165, 1.54) is 13.3 Å². The molecule has 2 amide bonds. The number of pyridine rings is 1. The molecular weight excluding hydrogens is 266 g/mol. The molecule has 0 saturated carbocycles. The lowest BCUT2D eigenvalue weighted by Crippen LogP contribution is -2.19. The number of amides is 2. The molecule has 0 saturated heterocycles. The van der Waals surface area contributed by atoms with Crippen LogP contribution in [0.5, 0.6) is 5.88 Å². The summed E-state index contributed by atoms with van der Waals surface area (Å²) in [4.78, 5) is 15.7. The van der Waals surface area contributed by atoms with E-state index >= 15 is 0 Å². The Bertz CT molecular complexity index is 555. The topological polar surface area (TPSA) is 63.2 Å². The number of halogens is 1. The zero-order valence-corrected chi connectivity index (χ0v) is 10.9. The number of hydrogen-bond donors (Lipinski definition) is 2. The molecule has 0 spiro atoms. The van der Waals surface area contributed by atoms with Crippen LogP contribution in [0, 0.1) is 0 Å². The van der Waals surface area contributed by atoms with Crippen molar-refractivity contribution in [2.75, 3.05) is 17.7 Å². The average Bonchev–Trinajstić information content (AvgIpc) is 2.42. The number of ether oxygens (including phenoxy) is 1. The summed E-state index contributed by atoms with van der Waals surface area (Å²) in [6.45, 7) is 0. The Kier molecular flexibility index (Phi) is 4.20. The fourth-order valence-corrected chi connectivity index (χ4v) is 1.53. The van der Waals surface area contributed by atoms with Crippen molar-refractivity contribution < 1.29 is 9.53 Å². The van der Waals surface area contributed by atoms with Crippen LogP contribution in [0.2, 0.25) is 5.02 Å². The highest BCUT2D eigenvalue weighted by Crippen LogP contribution is 2.14. The van der Waals surface area contributed by atoms with E-state index in [1.807, 2.05) is 0 Å². The minimum atomic E-state index is -0.353. The second-order valence-electron chi connectivity index (χ2n) is 3.68. The maximum absolute atomic E-state index is 11.7. The number of carbonyl (C=O) groups is 1. The summed E-state index contributed by atoms with van der Waals surface area (Å²) in [6, 6.07) is 9.85. The Hall–Kier alpha value is -2.27. The van der Waals surface area contributed by atoms with E-state index in [-0.39, 0.29) is 6.03 Å². The van der Waals surface area contributed by atoms with Gasteiger partial charge in [-0.05, 0) is 30.3 Å². The third kappa shape index (κ3) is 3.86. The van der Waals surface area contributed by atoms with Crippen molar-refractivity contribution in [3.8, 4) is 5.88 Å². The van der Waals surface area contributed by atoms with Crippen molar-refractivity contribution in [1.29, 1.82) is 0 Å². The highest BCUT2D eigenvalue weighted by atomic mass is 35.5. The molecule has 0 atom stereocenters. The lowest BCUT2D eigenvalue weighted by atomic mass is 10.3. The molecule has 6 heteroatoms. The third-order valence-corrected chi connectivity index (χ3v) is 2.56. The fourth-order valence-electron chi connectivity index (χ4n) is 1.40. The summed E-state index contributed by atoms with van der Waals surface area (Å²) in [7, 11) is 1.53. The summed E-state index contributed by atoms with van der Waals surface area (Å²) < 4.78 is 4.93. The highest BCUT2D eigenvalue weighted by Gasteiger charge is 2.03. The molecule has 0 aliphatic heterocycles. The SMILES string of the molecule is COc1ccc(NC(=O)Nc2ccc(Cl)cc2)cn1. The number of nitrogens with one attached hydrogen (secondary N) is 2. The van der Waals surface area contributed by atoms with Crippen LogP contribution in [0.25, 0.3) is 0 Å². The van der Waals surface area contributed by atoms with Crippen LogP contribution in [0.3, 0.4) is 0 Å². The molecular formula is C13H12ClN3O2. The number of carbonyl (C=O) groups excluding carboxylic acids is 1. The lowest BCUT2D eigenvalue weighted by Gasteiger charge is -2.07. The van der Waals surface area contributed by atoms with Gasteiger partial charge in [-0.15, -0.1) is 0 Å². The Morgan fingerprint density at radius 1 is 1.11 bits per heavy atom. The maximum Gasteiger partial charge on any atom is 0.323 e. The lowest BCUT2D eigenvalue weighted by molar-refractivity contribution is 0.262. The van der Waals surface area contributed by atoms with E-state index in [0.29, 0.717) is 22.3 Å². The van der Waals surface area contributed by atoms with Crippen LogP contribution in [0.15, 0.2) is 42.6 Å². The molecule has 2 N–H and O–H groups in total. The molecule has 1 aromatic carbocycles. The van der Waals surface area contributed by atoms with Gasteiger partial charge in [0.25, 0.3) is 0 Å². The van der Waals surface area contributed by atoms with Crippen molar-refractivity contribution in [2.24, 2.45) is 0 Å². The van der Waals surface area contributed by atoms with Gasteiger partial charge in [-0.25, -0.2) is 9.78 Å². The molecule has 1 aromatic heterocycles. The molecule has 2 aromatic rings. The smallest absolute Gasteiger partial charge is 0.323 e. The predicted molar refractivity (Wildman–Crippen MR) is 74.9 cm³/mol. The average molecular weight is 278 g/mol. The largest absolute Gasteiger partial charge is 0.481 e. The molecule has 1 heterocycles. The summed E-state index contributed by atoms with van der Waals surface area (Å²) in [5.74, 6) is 0.489. The second kappa shape index (κ2) is 6.06. The van der Waals surface area contributed by atoms with Crippen molar-refractivity contribution in [1.82, 2.24) is 4.98 Å². The highest BCUT2D eigenvalue weighted by molar-refractivity contribution is 6.30. The summed E-state index contributed by atoms with van der Waals surface area (Å²) >= 11 is 5.76. The van der Waals surface area contributed by atoms with E-state index in [9.17, 15) is 4.79 Å². The van der Waals surface area contributed by atoms with Crippen molar-refractivity contribution in [2.45, 2.75) is 0 Å². The van der Waals surface area contributed by atoms with Gasteiger partial charge >= 0.3 is 6.03 Å². The molecule has 0 fully saturated rings. The van der Waals surface area contributed by atoms with Crippen LogP contribution in [-0.2, 0) is 0 Å². The molecule has 0 radical (unpaired) electrons. The summed E-state index contributed by atoms with van der Waals surface area (Å²) in [5, 5.41) is 5.95. The van der Waals surface area contributed by atoms with Crippen LogP contribution in [-0.4, -0.2) is 18.1 Å². The van der Waals surface area contributed by atoms with Crippen LogP contribution < -0.4 is 15.4 Å². The Labute approximate surface area is 115 Å². The molecule has 98 valence electrons. The van der Waals surface area contributed by atoms with Crippen LogP contribution in [0.4, 0.5) is 16.2 Å². The van der Waals surface area contributed by atoms with Crippen molar-refractivity contribution in [3.05, 3.63) is 47.6 Å². The minimum absolute atomic E-state index is 0.353. The van der Waals surface area contributed by atoms with E-state index < -0.39 is 0 Å². The summed E-state index contributed by atoms with van der Waals surface area (Å²) in [5.41, 5.74) is 1.23. The van der Waals surface area contributed by atoms with E-state index in [4.69, 9.17) is 16.3 Å². The molecule has 0 aliphatic carbocycles. The van der Waals surface area contributed by atoms with Crippen molar-refractivity contribution >= 4 is 29.0 Å². The van der Waals surface area contributed by atoms with Gasteiger partial charge in [0.2, 0.25) is 5.88 Å². The first-order chi connectivity index (χ1) is 9.17. The summed E-state index contributed by atoms with van der Waals surface area (Å²) in [6.07, 6.45) is 1.51. The minimum Gasteiger partial charge on any atom is -0.481 e. The van der Waals surface area contributed by atoms with Gasteiger partial charge in [0.1, 0.15) is 0 Å². The van der Waals surface area contributed by atoms with Crippen LogP contribution in [0.1, 0.15) is 0 Å². The number of anilines is 2. The van der Waals surface area contributed by atoms with Gasteiger partial charge in [-0.2, -0.15) is 0 Å². The quantitative estimate of drug-likeness (QED) is 0.904. The van der Waals surface area contributed by atoms with Gasteiger partial charge in [-0.1, -0.05) is 11.6 Å². The normalized spacial score (nSPS) is 9.79. The maximum atomic E-state index is 11.7. The fraction of sp³-hybridized carbons (Fsp3) is 0.0769. The predicted octanol–water partition coefficient (Wildman–Crippen LogP) is 3.39. The van der Waals surface area contributed by atoms with Crippen LogP contribution >= 0.6 is 11.6 Å². The number of benzene rings is 1. The van der Waals surface area contributed by atoms with Gasteiger partial charge in [0.15, 0.2) is 0 Å². The van der Waals surface area contributed by atoms with Gasteiger partial charge in [-0.3, -0.25) is 0 Å². The number of rotatable bonds is 3. The zero-order chi connectivity index (χ0) is 13.7. The second-order valence-corrected chi connectivity index (χ2v) is 4.11. The van der Waals surface area contributed by atoms with Gasteiger partial charge in [0, 0.05) is 16.8 Å². The number of methoxy groups -OCH3 is 1. The van der Waals surface area contributed by atoms with E-state index in [0.717, 1.165) is 0 Å². The molecule has 0 aliphatic rings. The van der Waals surface area contributed by atoms with Crippen molar-refractivity contribution in [3.63, 3.8) is 0 Å². The molecule has 0 unspecified atom stereocenters. The number of urea groups is 1. The number of nitrogens with zero attached hydrogens (tertiary/aromatic N) is 1. The van der Waals surface area contributed by atoms with E-state index in [2.05, 4.69) is 15.6 Å². The standard InChI is InChI=1S/C13H12ClN3O2/c1-19-12-7-6-11(8-15-12)17-13(18)16-10-4-2-9(14)3-5-10/h2-8H,1H3,(H2,16,17,18). The first-order valence-corrected chi connectivity index (χ1v) is 5.89. The van der Waals surface area contributed by atoms with Gasteiger partial charge < -0.3 is 15.4 Å². The monoisotopic (exact) mass is 277 g/mol. The zero-order valence-electron chi connectivity index (χ0n) is 10.2.